The molecule has 2 aliphatic rings. The lowest BCUT2D eigenvalue weighted by Gasteiger charge is -2.28. The van der Waals surface area contributed by atoms with E-state index in [1.54, 1.807) is 0 Å². The molecule has 0 bridgehead atoms. The molecule has 0 saturated carbocycles. The topological polar surface area (TPSA) is 19.4 Å². The number of benzene rings is 1. The fourth-order valence-corrected chi connectivity index (χ4v) is 3.71. The van der Waals surface area contributed by atoms with E-state index in [9.17, 15) is 0 Å². The van der Waals surface area contributed by atoms with E-state index in [0.717, 1.165) is 12.2 Å². The SMILES string of the molecule is Cc1cc(C)c(N2C=C3C=CC=C(c4cccnc4)N3C2)c(C)c1. The van der Waals surface area contributed by atoms with E-state index >= 15 is 0 Å². The average molecular weight is 315 g/mol. The van der Waals surface area contributed by atoms with Crippen molar-refractivity contribution in [1.29, 1.82) is 0 Å². The minimum atomic E-state index is 0.825. The van der Waals surface area contributed by atoms with Gasteiger partial charge in [-0.05, 0) is 56.2 Å². The van der Waals surface area contributed by atoms with Gasteiger partial charge >= 0.3 is 0 Å². The van der Waals surface area contributed by atoms with Crippen LogP contribution in [0, 0.1) is 20.8 Å². The molecule has 0 N–H and O–H groups in total. The van der Waals surface area contributed by atoms with Gasteiger partial charge in [0.25, 0.3) is 0 Å². The molecule has 0 fully saturated rings. The highest BCUT2D eigenvalue weighted by atomic mass is 15.4. The van der Waals surface area contributed by atoms with Crippen LogP contribution in [0.4, 0.5) is 5.69 Å². The van der Waals surface area contributed by atoms with Crippen LogP contribution in [-0.4, -0.2) is 16.6 Å². The van der Waals surface area contributed by atoms with Crippen LogP contribution in [0.25, 0.3) is 5.70 Å². The predicted molar refractivity (Wildman–Crippen MR) is 99.3 cm³/mol. The minimum Gasteiger partial charge on any atom is -0.327 e. The van der Waals surface area contributed by atoms with Gasteiger partial charge in [0.15, 0.2) is 0 Å². The van der Waals surface area contributed by atoms with Gasteiger partial charge in [0.05, 0.1) is 18.1 Å². The van der Waals surface area contributed by atoms with Crippen molar-refractivity contribution in [1.82, 2.24) is 9.88 Å². The van der Waals surface area contributed by atoms with Crippen molar-refractivity contribution in [2.24, 2.45) is 0 Å². The monoisotopic (exact) mass is 315 g/mol. The highest BCUT2D eigenvalue weighted by Gasteiger charge is 2.27. The molecule has 0 aliphatic carbocycles. The Morgan fingerprint density at radius 2 is 1.88 bits per heavy atom. The van der Waals surface area contributed by atoms with Gasteiger partial charge in [-0.1, -0.05) is 23.8 Å². The van der Waals surface area contributed by atoms with Crippen molar-refractivity contribution in [2.75, 3.05) is 11.6 Å². The molecule has 0 radical (unpaired) electrons. The summed E-state index contributed by atoms with van der Waals surface area (Å²) >= 11 is 0. The lowest BCUT2D eigenvalue weighted by molar-refractivity contribution is 0.543. The molecule has 0 unspecified atom stereocenters. The molecule has 3 nitrogen and oxygen atoms in total. The second-order valence-electron chi connectivity index (χ2n) is 6.49. The molecule has 2 aliphatic heterocycles. The Morgan fingerprint density at radius 3 is 2.58 bits per heavy atom. The number of anilines is 1. The molecule has 0 amide bonds. The van der Waals surface area contributed by atoms with Crippen molar-refractivity contribution >= 4 is 11.4 Å². The lowest BCUT2D eigenvalue weighted by atomic mass is 10.0. The number of rotatable bonds is 2. The van der Waals surface area contributed by atoms with Crippen LogP contribution >= 0.6 is 0 Å². The number of pyridine rings is 1. The summed E-state index contributed by atoms with van der Waals surface area (Å²) in [6, 6.07) is 8.61. The summed E-state index contributed by atoms with van der Waals surface area (Å²) in [6.45, 7) is 7.37. The Bertz CT molecular complexity index is 852. The Morgan fingerprint density at radius 1 is 1.08 bits per heavy atom. The Hall–Kier alpha value is -2.81. The molecule has 0 spiro atoms. The molecule has 1 aromatic heterocycles. The van der Waals surface area contributed by atoms with Crippen molar-refractivity contribution < 1.29 is 0 Å². The molecular formula is C21H21N3. The zero-order chi connectivity index (χ0) is 16.7. The fourth-order valence-electron chi connectivity index (χ4n) is 3.71. The number of allylic oxidation sites excluding steroid dienone is 3. The lowest BCUT2D eigenvalue weighted by Crippen LogP contribution is -2.27. The molecule has 3 heteroatoms. The van der Waals surface area contributed by atoms with Gasteiger partial charge in [-0.3, -0.25) is 4.98 Å². The van der Waals surface area contributed by atoms with Crippen molar-refractivity contribution in [3.63, 3.8) is 0 Å². The first-order valence-electron chi connectivity index (χ1n) is 8.26. The summed E-state index contributed by atoms with van der Waals surface area (Å²) < 4.78 is 0. The minimum absolute atomic E-state index is 0.825. The van der Waals surface area contributed by atoms with E-state index in [-0.39, 0.29) is 0 Å². The highest BCUT2D eigenvalue weighted by Crippen LogP contribution is 2.36. The molecular weight excluding hydrogens is 294 g/mol. The van der Waals surface area contributed by atoms with Crippen LogP contribution in [0.5, 0.6) is 0 Å². The van der Waals surface area contributed by atoms with Crippen LogP contribution in [0.15, 0.2) is 66.8 Å². The number of aryl methyl sites for hydroxylation is 3. The van der Waals surface area contributed by atoms with Crippen LogP contribution in [0.2, 0.25) is 0 Å². The van der Waals surface area contributed by atoms with Gasteiger partial charge in [0.2, 0.25) is 0 Å². The predicted octanol–water partition coefficient (Wildman–Crippen LogP) is 4.54. The van der Waals surface area contributed by atoms with Crippen molar-refractivity contribution in [3.8, 4) is 0 Å². The summed E-state index contributed by atoms with van der Waals surface area (Å²) in [4.78, 5) is 8.95. The molecule has 0 atom stereocenters. The maximum absolute atomic E-state index is 4.26. The van der Waals surface area contributed by atoms with Crippen LogP contribution in [0.1, 0.15) is 22.3 Å². The molecule has 2 aromatic rings. The van der Waals surface area contributed by atoms with Crippen molar-refractivity contribution in [3.05, 3.63) is 89.0 Å². The van der Waals surface area contributed by atoms with Crippen LogP contribution in [-0.2, 0) is 0 Å². The summed E-state index contributed by atoms with van der Waals surface area (Å²) in [5.41, 5.74) is 8.82. The highest BCUT2D eigenvalue weighted by molar-refractivity contribution is 5.73. The molecule has 1 aromatic carbocycles. The zero-order valence-corrected chi connectivity index (χ0v) is 14.3. The van der Waals surface area contributed by atoms with Gasteiger partial charge in [0, 0.05) is 29.8 Å². The van der Waals surface area contributed by atoms with E-state index in [2.05, 4.69) is 78.2 Å². The summed E-state index contributed by atoms with van der Waals surface area (Å²) in [5.74, 6) is 0. The number of fused-ring (bicyclic) bond motifs is 1. The molecule has 0 saturated heterocycles. The maximum Gasteiger partial charge on any atom is 0.0995 e. The van der Waals surface area contributed by atoms with Gasteiger partial charge in [-0.25, -0.2) is 0 Å². The summed E-state index contributed by atoms with van der Waals surface area (Å²) in [7, 11) is 0. The Labute approximate surface area is 143 Å². The smallest absolute Gasteiger partial charge is 0.0995 e. The van der Waals surface area contributed by atoms with E-state index in [1.807, 2.05) is 18.5 Å². The number of hydrogen-bond acceptors (Lipinski definition) is 3. The quantitative estimate of drug-likeness (QED) is 0.811. The van der Waals surface area contributed by atoms with Crippen LogP contribution < -0.4 is 4.90 Å². The summed E-state index contributed by atoms with van der Waals surface area (Å²) in [5, 5.41) is 0. The van der Waals surface area contributed by atoms with E-state index in [1.165, 1.54) is 33.8 Å². The second-order valence-corrected chi connectivity index (χ2v) is 6.49. The normalized spacial score (nSPS) is 16.1. The molecule has 120 valence electrons. The number of aromatic nitrogens is 1. The van der Waals surface area contributed by atoms with Gasteiger partial charge in [0.1, 0.15) is 0 Å². The Kier molecular flexibility index (Phi) is 3.49. The van der Waals surface area contributed by atoms with Gasteiger partial charge in [-0.2, -0.15) is 0 Å². The van der Waals surface area contributed by atoms with E-state index in [0.29, 0.717) is 0 Å². The van der Waals surface area contributed by atoms with Crippen LogP contribution in [0.3, 0.4) is 0 Å². The van der Waals surface area contributed by atoms with Gasteiger partial charge < -0.3 is 9.80 Å². The number of hydrogen-bond donors (Lipinski definition) is 0. The first-order chi connectivity index (χ1) is 11.6. The first kappa shape index (κ1) is 14.8. The molecule has 24 heavy (non-hydrogen) atoms. The van der Waals surface area contributed by atoms with Gasteiger partial charge in [-0.15, -0.1) is 0 Å². The third-order valence-electron chi connectivity index (χ3n) is 4.59. The third-order valence-corrected chi connectivity index (χ3v) is 4.59. The molecule has 3 heterocycles. The Balaban J connectivity index is 1.71. The van der Waals surface area contributed by atoms with E-state index in [4.69, 9.17) is 0 Å². The second kappa shape index (κ2) is 5.68. The standard InChI is InChI=1S/C21H21N3/c1-15-10-16(2)21(17(3)11-15)23-13-19-7-4-8-20(24(19)14-23)18-6-5-9-22-12-18/h4-13H,14H2,1-3H3. The molecule has 4 rings (SSSR count). The zero-order valence-electron chi connectivity index (χ0n) is 14.3. The summed E-state index contributed by atoms with van der Waals surface area (Å²) in [6.07, 6.45) is 12.4. The first-order valence-corrected chi connectivity index (χ1v) is 8.26. The average Bonchev–Trinajstić information content (AvgIpc) is 2.98. The fraction of sp³-hybridized carbons (Fsp3) is 0.190. The maximum atomic E-state index is 4.26. The number of nitrogens with zero attached hydrogens (tertiary/aromatic N) is 3. The van der Waals surface area contributed by atoms with Crippen molar-refractivity contribution in [2.45, 2.75) is 20.8 Å². The largest absolute Gasteiger partial charge is 0.327 e. The third kappa shape index (κ3) is 2.42. The van der Waals surface area contributed by atoms with E-state index < -0.39 is 0 Å².